The van der Waals surface area contributed by atoms with Gasteiger partial charge in [-0.1, -0.05) is 12.1 Å². The third kappa shape index (κ3) is 3.68. The summed E-state index contributed by atoms with van der Waals surface area (Å²) in [5, 5.41) is 5.22. The molecule has 0 aliphatic carbocycles. The van der Waals surface area contributed by atoms with Crippen LogP contribution in [-0.4, -0.2) is 22.7 Å². The number of fused-ring (bicyclic) bond motifs is 1. The fourth-order valence-corrected chi connectivity index (χ4v) is 2.57. The van der Waals surface area contributed by atoms with Crippen LogP contribution in [0.25, 0.3) is 0 Å². The average molecular weight is 384 g/mol. The number of anilines is 2. The van der Waals surface area contributed by atoms with Crippen LogP contribution in [-0.2, 0) is 6.54 Å². The van der Waals surface area contributed by atoms with Gasteiger partial charge in [0.15, 0.2) is 11.5 Å². The smallest absolute Gasteiger partial charge is 0.276 e. The first-order valence-corrected chi connectivity index (χ1v) is 8.30. The molecule has 9 heteroatoms. The Bertz CT molecular complexity index is 1010. The number of para-hydroxylation sites is 1. The normalized spacial score (nSPS) is 11.9. The van der Waals surface area contributed by atoms with Crippen molar-refractivity contribution in [2.24, 2.45) is 0 Å². The summed E-state index contributed by atoms with van der Waals surface area (Å²) in [4.78, 5) is 20.2. The van der Waals surface area contributed by atoms with Gasteiger partial charge in [-0.05, 0) is 29.8 Å². The monoisotopic (exact) mass is 384 g/mol. The van der Waals surface area contributed by atoms with E-state index in [0.29, 0.717) is 23.9 Å². The minimum absolute atomic E-state index is 0.0729. The Kier molecular flexibility index (Phi) is 4.71. The van der Waals surface area contributed by atoms with Gasteiger partial charge in [-0.3, -0.25) is 4.79 Å². The molecule has 0 saturated carbocycles. The van der Waals surface area contributed by atoms with Gasteiger partial charge in [0.25, 0.3) is 5.91 Å². The average Bonchev–Trinajstić information content (AvgIpc) is 3.17. The van der Waals surface area contributed by atoms with Crippen LogP contribution in [0.2, 0.25) is 0 Å². The Balaban J connectivity index is 1.39. The number of halogens is 2. The maximum absolute atomic E-state index is 13.6. The second-order valence-electron chi connectivity index (χ2n) is 5.88. The number of nitrogens with one attached hydrogen (secondary N) is 2. The van der Waals surface area contributed by atoms with Gasteiger partial charge < -0.3 is 20.1 Å². The predicted molar refractivity (Wildman–Crippen MR) is 96.2 cm³/mol. The Morgan fingerprint density at radius 2 is 1.82 bits per heavy atom. The van der Waals surface area contributed by atoms with Gasteiger partial charge in [-0.2, -0.15) is 0 Å². The summed E-state index contributed by atoms with van der Waals surface area (Å²) in [6.45, 7) is 0.662. The molecular weight excluding hydrogens is 370 g/mol. The Morgan fingerprint density at radius 3 is 2.57 bits per heavy atom. The topological polar surface area (TPSA) is 85.4 Å². The van der Waals surface area contributed by atoms with Crippen molar-refractivity contribution in [1.29, 1.82) is 0 Å². The third-order valence-electron chi connectivity index (χ3n) is 4.00. The van der Waals surface area contributed by atoms with E-state index in [2.05, 4.69) is 20.6 Å². The number of nitrogens with zero attached hydrogens (tertiary/aromatic N) is 2. The van der Waals surface area contributed by atoms with Gasteiger partial charge in [-0.15, -0.1) is 0 Å². The van der Waals surface area contributed by atoms with Gasteiger partial charge in [-0.25, -0.2) is 18.7 Å². The first-order chi connectivity index (χ1) is 13.6. The lowest BCUT2D eigenvalue weighted by Gasteiger charge is -2.08. The van der Waals surface area contributed by atoms with E-state index in [1.54, 1.807) is 0 Å². The standard InChI is InChI=1S/C19H14F2N4O3/c20-12-2-1-3-13(21)18(12)25-19(26)14-8-24-17(9-22-14)23-7-11-4-5-15-16(6-11)28-10-27-15/h1-6,8-9H,7,10H2,(H,23,24)(H,25,26). The van der Waals surface area contributed by atoms with Crippen LogP contribution in [0.15, 0.2) is 48.8 Å². The molecule has 1 aliphatic rings. The minimum Gasteiger partial charge on any atom is -0.454 e. The Labute approximate surface area is 158 Å². The second-order valence-corrected chi connectivity index (χ2v) is 5.88. The van der Waals surface area contributed by atoms with Crippen molar-refractivity contribution in [3.8, 4) is 11.5 Å². The van der Waals surface area contributed by atoms with Crippen LogP contribution in [0.4, 0.5) is 20.3 Å². The molecule has 2 N–H and O–H groups in total. The number of rotatable bonds is 5. The number of ether oxygens (including phenoxy) is 2. The molecule has 0 fully saturated rings. The van der Waals surface area contributed by atoms with Gasteiger partial charge in [0, 0.05) is 6.54 Å². The fraction of sp³-hybridized carbons (Fsp3) is 0.105. The summed E-state index contributed by atoms with van der Waals surface area (Å²) < 4.78 is 37.8. The van der Waals surface area contributed by atoms with Gasteiger partial charge in [0.1, 0.15) is 28.8 Å². The van der Waals surface area contributed by atoms with E-state index < -0.39 is 23.2 Å². The highest BCUT2D eigenvalue weighted by molar-refractivity contribution is 6.02. The van der Waals surface area contributed by atoms with Crippen molar-refractivity contribution in [3.63, 3.8) is 0 Å². The van der Waals surface area contributed by atoms with Crippen molar-refractivity contribution in [1.82, 2.24) is 9.97 Å². The summed E-state index contributed by atoms with van der Waals surface area (Å²) in [5.74, 6) is -0.695. The number of hydrogen-bond acceptors (Lipinski definition) is 6. The molecule has 0 unspecified atom stereocenters. The molecule has 1 aromatic heterocycles. The van der Waals surface area contributed by atoms with Crippen molar-refractivity contribution < 1.29 is 23.0 Å². The van der Waals surface area contributed by atoms with E-state index in [0.717, 1.165) is 17.7 Å². The summed E-state index contributed by atoms with van der Waals surface area (Å²) in [5.41, 5.74) is 0.346. The lowest BCUT2D eigenvalue weighted by atomic mass is 10.2. The molecule has 2 heterocycles. The molecule has 3 aromatic rings. The van der Waals surface area contributed by atoms with E-state index in [1.165, 1.54) is 18.5 Å². The minimum atomic E-state index is -0.872. The highest BCUT2D eigenvalue weighted by Crippen LogP contribution is 2.32. The van der Waals surface area contributed by atoms with Gasteiger partial charge in [0.05, 0.1) is 12.4 Å². The molecule has 1 amide bonds. The molecule has 4 rings (SSSR count). The van der Waals surface area contributed by atoms with Crippen LogP contribution in [0.3, 0.4) is 0 Å². The van der Waals surface area contributed by atoms with E-state index in [1.807, 2.05) is 18.2 Å². The molecule has 28 heavy (non-hydrogen) atoms. The van der Waals surface area contributed by atoms with Crippen LogP contribution < -0.4 is 20.1 Å². The summed E-state index contributed by atoms with van der Waals surface area (Å²) >= 11 is 0. The molecule has 142 valence electrons. The number of amides is 1. The largest absolute Gasteiger partial charge is 0.454 e. The number of carbonyl (C=O) groups is 1. The van der Waals surface area contributed by atoms with Crippen molar-refractivity contribution >= 4 is 17.4 Å². The van der Waals surface area contributed by atoms with Crippen LogP contribution in [0.5, 0.6) is 11.5 Å². The zero-order valence-corrected chi connectivity index (χ0v) is 14.4. The first-order valence-electron chi connectivity index (χ1n) is 8.30. The van der Waals surface area contributed by atoms with E-state index in [-0.39, 0.29) is 12.5 Å². The van der Waals surface area contributed by atoms with E-state index in [9.17, 15) is 13.6 Å². The third-order valence-corrected chi connectivity index (χ3v) is 4.00. The number of benzene rings is 2. The van der Waals surface area contributed by atoms with Gasteiger partial charge >= 0.3 is 0 Å². The lowest BCUT2D eigenvalue weighted by molar-refractivity contribution is 0.102. The molecule has 7 nitrogen and oxygen atoms in total. The van der Waals surface area contributed by atoms with Crippen LogP contribution in [0, 0.1) is 11.6 Å². The maximum atomic E-state index is 13.6. The molecule has 0 spiro atoms. The lowest BCUT2D eigenvalue weighted by Crippen LogP contribution is -2.16. The molecule has 1 aliphatic heterocycles. The molecule has 2 aromatic carbocycles. The van der Waals surface area contributed by atoms with Crippen molar-refractivity contribution in [2.75, 3.05) is 17.4 Å². The molecule has 0 bridgehead atoms. The Hall–Kier alpha value is -3.75. The fourth-order valence-electron chi connectivity index (χ4n) is 2.57. The molecule has 0 atom stereocenters. The highest BCUT2D eigenvalue weighted by Gasteiger charge is 2.15. The SMILES string of the molecule is O=C(Nc1c(F)cccc1F)c1cnc(NCc2ccc3c(c2)OCO3)cn1. The molecule has 0 radical (unpaired) electrons. The van der Waals surface area contributed by atoms with Crippen molar-refractivity contribution in [2.45, 2.75) is 6.54 Å². The van der Waals surface area contributed by atoms with E-state index >= 15 is 0 Å². The number of hydrogen-bond donors (Lipinski definition) is 2. The van der Waals surface area contributed by atoms with Crippen LogP contribution in [0.1, 0.15) is 16.1 Å². The second kappa shape index (κ2) is 7.47. The van der Waals surface area contributed by atoms with Gasteiger partial charge in [0.2, 0.25) is 6.79 Å². The number of carbonyl (C=O) groups excluding carboxylic acids is 1. The highest BCUT2D eigenvalue weighted by atomic mass is 19.1. The molecular formula is C19H14F2N4O3. The summed E-state index contributed by atoms with van der Waals surface area (Å²) in [7, 11) is 0. The predicted octanol–water partition coefficient (Wildman–Crippen LogP) is 3.35. The molecule has 0 saturated heterocycles. The first kappa shape index (κ1) is 17.7. The van der Waals surface area contributed by atoms with E-state index in [4.69, 9.17) is 9.47 Å². The Morgan fingerprint density at radius 1 is 1.04 bits per heavy atom. The zero-order valence-electron chi connectivity index (χ0n) is 14.4. The maximum Gasteiger partial charge on any atom is 0.276 e. The summed E-state index contributed by atoms with van der Waals surface area (Å²) in [6, 6.07) is 8.87. The quantitative estimate of drug-likeness (QED) is 0.702. The summed E-state index contributed by atoms with van der Waals surface area (Å²) in [6.07, 6.45) is 2.58. The van der Waals surface area contributed by atoms with Crippen LogP contribution >= 0.6 is 0 Å². The zero-order chi connectivity index (χ0) is 19.5. The number of aromatic nitrogens is 2. The van der Waals surface area contributed by atoms with Crippen molar-refractivity contribution in [3.05, 3.63) is 71.7 Å².